The van der Waals surface area contributed by atoms with Crippen LogP contribution < -0.4 is 5.73 Å². The molecule has 0 fully saturated rings. The molecule has 5 heteroatoms. The van der Waals surface area contributed by atoms with Crippen LogP contribution in [0.3, 0.4) is 0 Å². The number of aromatic nitrogens is 1. The minimum absolute atomic E-state index is 0.119. The van der Waals surface area contributed by atoms with Gasteiger partial charge in [-0.05, 0) is 35.7 Å². The summed E-state index contributed by atoms with van der Waals surface area (Å²) in [6.07, 6.45) is 3.87. The fourth-order valence-corrected chi connectivity index (χ4v) is 2.10. The predicted octanol–water partition coefficient (Wildman–Crippen LogP) is 1.32. The van der Waals surface area contributed by atoms with Gasteiger partial charge in [0.05, 0.1) is 6.04 Å². The van der Waals surface area contributed by atoms with E-state index in [0.717, 1.165) is 11.1 Å². The molecule has 0 saturated carbocycles. The van der Waals surface area contributed by atoms with Crippen molar-refractivity contribution in [3.05, 3.63) is 59.9 Å². The smallest absolute Gasteiger partial charge is 0.239 e. The lowest BCUT2D eigenvalue weighted by molar-refractivity contribution is -0.131. The SMILES string of the molecule is CN(Cc1cccnc1)C(=O)[C@H](N)Cc1ccc(O)cc1. The second-order valence-corrected chi connectivity index (χ2v) is 5.03. The summed E-state index contributed by atoms with van der Waals surface area (Å²) in [5.74, 6) is 0.0827. The van der Waals surface area contributed by atoms with Gasteiger partial charge in [0.1, 0.15) is 5.75 Å². The molecule has 0 saturated heterocycles. The van der Waals surface area contributed by atoms with E-state index in [1.54, 1.807) is 48.6 Å². The summed E-state index contributed by atoms with van der Waals surface area (Å²) in [5.41, 5.74) is 7.86. The summed E-state index contributed by atoms with van der Waals surface area (Å²) in [6.45, 7) is 0.482. The van der Waals surface area contributed by atoms with Gasteiger partial charge in [-0.15, -0.1) is 0 Å². The van der Waals surface area contributed by atoms with Gasteiger partial charge in [-0.25, -0.2) is 0 Å². The van der Waals surface area contributed by atoms with E-state index in [1.165, 1.54) is 0 Å². The molecule has 3 N–H and O–H groups in total. The average Bonchev–Trinajstić information content (AvgIpc) is 2.49. The molecule has 110 valence electrons. The minimum atomic E-state index is -0.601. The first kappa shape index (κ1) is 15.0. The van der Waals surface area contributed by atoms with Crippen molar-refractivity contribution in [1.29, 1.82) is 0 Å². The maximum Gasteiger partial charge on any atom is 0.239 e. The maximum absolute atomic E-state index is 12.2. The van der Waals surface area contributed by atoms with Gasteiger partial charge in [0.2, 0.25) is 5.91 Å². The van der Waals surface area contributed by atoms with Gasteiger partial charge in [0.25, 0.3) is 0 Å². The summed E-state index contributed by atoms with van der Waals surface area (Å²) in [4.78, 5) is 17.9. The van der Waals surface area contributed by atoms with Gasteiger partial charge >= 0.3 is 0 Å². The van der Waals surface area contributed by atoms with Gasteiger partial charge < -0.3 is 15.7 Å². The molecule has 1 aromatic carbocycles. The standard InChI is InChI=1S/C16H19N3O2/c1-19(11-13-3-2-8-18-10-13)16(21)15(17)9-12-4-6-14(20)7-5-12/h2-8,10,15,20H,9,11,17H2,1H3/t15-/m1/s1. The van der Waals surface area contributed by atoms with Crippen LogP contribution in [0.2, 0.25) is 0 Å². The summed E-state index contributed by atoms with van der Waals surface area (Å²) >= 11 is 0. The van der Waals surface area contributed by atoms with Crippen LogP contribution in [0.5, 0.6) is 5.75 Å². The molecule has 1 aromatic heterocycles. The van der Waals surface area contributed by atoms with E-state index in [2.05, 4.69) is 4.98 Å². The number of hydrogen-bond acceptors (Lipinski definition) is 4. The van der Waals surface area contributed by atoms with Crippen molar-refractivity contribution in [2.24, 2.45) is 5.73 Å². The zero-order valence-electron chi connectivity index (χ0n) is 11.9. The predicted molar refractivity (Wildman–Crippen MR) is 80.5 cm³/mol. The lowest BCUT2D eigenvalue weighted by Crippen LogP contribution is -2.42. The molecule has 21 heavy (non-hydrogen) atoms. The van der Waals surface area contributed by atoms with Gasteiger partial charge in [0.15, 0.2) is 0 Å². The Labute approximate surface area is 124 Å². The Bertz CT molecular complexity index is 584. The number of benzene rings is 1. The average molecular weight is 285 g/mol. The number of amides is 1. The Hall–Kier alpha value is -2.40. The fraction of sp³-hybridized carbons (Fsp3) is 0.250. The van der Waals surface area contributed by atoms with E-state index in [0.29, 0.717) is 13.0 Å². The molecule has 0 unspecified atom stereocenters. The van der Waals surface area contributed by atoms with Crippen LogP contribution in [0, 0.1) is 0 Å². The van der Waals surface area contributed by atoms with Gasteiger partial charge in [-0.3, -0.25) is 9.78 Å². The van der Waals surface area contributed by atoms with Crippen LogP contribution in [-0.4, -0.2) is 34.0 Å². The monoisotopic (exact) mass is 285 g/mol. The number of aromatic hydroxyl groups is 1. The molecule has 1 heterocycles. The Morgan fingerprint density at radius 3 is 2.62 bits per heavy atom. The van der Waals surface area contributed by atoms with Crippen LogP contribution in [0.4, 0.5) is 0 Å². The molecule has 2 rings (SSSR count). The largest absolute Gasteiger partial charge is 0.508 e. The third-order valence-corrected chi connectivity index (χ3v) is 3.23. The lowest BCUT2D eigenvalue weighted by atomic mass is 10.1. The molecular formula is C16H19N3O2. The Kier molecular flexibility index (Phi) is 4.90. The number of phenolic OH excluding ortho intramolecular Hbond substituents is 1. The number of hydrogen-bond donors (Lipinski definition) is 2. The number of carbonyl (C=O) groups is 1. The fourth-order valence-electron chi connectivity index (χ4n) is 2.10. The van der Waals surface area contributed by atoms with E-state index < -0.39 is 6.04 Å². The van der Waals surface area contributed by atoms with Gasteiger partial charge in [0, 0.05) is 26.0 Å². The van der Waals surface area contributed by atoms with Crippen molar-refractivity contribution in [3.8, 4) is 5.75 Å². The number of rotatable bonds is 5. The van der Waals surface area contributed by atoms with Crippen molar-refractivity contribution < 1.29 is 9.90 Å². The molecule has 0 bridgehead atoms. The maximum atomic E-state index is 12.2. The summed E-state index contributed by atoms with van der Waals surface area (Å²) in [7, 11) is 1.73. The number of nitrogens with zero attached hydrogens (tertiary/aromatic N) is 2. The highest BCUT2D eigenvalue weighted by molar-refractivity contribution is 5.81. The van der Waals surface area contributed by atoms with Crippen molar-refractivity contribution in [2.45, 2.75) is 19.0 Å². The molecule has 0 aliphatic carbocycles. The summed E-state index contributed by atoms with van der Waals surface area (Å²) < 4.78 is 0. The zero-order valence-corrected chi connectivity index (χ0v) is 11.9. The van der Waals surface area contributed by atoms with Gasteiger partial charge in [-0.1, -0.05) is 18.2 Å². The van der Waals surface area contributed by atoms with Crippen LogP contribution in [0.15, 0.2) is 48.8 Å². The van der Waals surface area contributed by atoms with E-state index in [-0.39, 0.29) is 11.7 Å². The van der Waals surface area contributed by atoms with Crippen LogP contribution in [-0.2, 0) is 17.8 Å². The molecule has 0 spiro atoms. The quantitative estimate of drug-likeness (QED) is 0.868. The molecule has 1 amide bonds. The normalized spacial score (nSPS) is 11.9. The second kappa shape index (κ2) is 6.85. The van der Waals surface area contributed by atoms with E-state index in [4.69, 9.17) is 5.73 Å². The third kappa shape index (κ3) is 4.29. The highest BCUT2D eigenvalue weighted by atomic mass is 16.3. The molecular weight excluding hydrogens is 266 g/mol. The number of phenols is 1. The molecule has 0 radical (unpaired) electrons. The number of nitrogens with two attached hydrogens (primary N) is 1. The van der Waals surface area contributed by atoms with E-state index in [1.807, 2.05) is 12.1 Å². The van der Waals surface area contributed by atoms with Crippen molar-refractivity contribution >= 4 is 5.91 Å². The van der Waals surface area contributed by atoms with E-state index in [9.17, 15) is 9.90 Å². The highest BCUT2D eigenvalue weighted by Crippen LogP contribution is 2.12. The highest BCUT2D eigenvalue weighted by Gasteiger charge is 2.18. The number of carbonyl (C=O) groups excluding carboxylic acids is 1. The van der Waals surface area contributed by atoms with Gasteiger partial charge in [-0.2, -0.15) is 0 Å². The number of likely N-dealkylation sites (N-methyl/N-ethyl adjacent to an activating group) is 1. The molecule has 0 aliphatic rings. The second-order valence-electron chi connectivity index (χ2n) is 5.03. The van der Waals surface area contributed by atoms with Crippen molar-refractivity contribution in [1.82, 2.24) is 9.88 Å². The molecule has 1 atom stereocenters. The van der Waals surface area contributed by atoms with Crippen LogP contribution in [0.1, 0.15) is 11.1 Å². The zero-order chi connectivity index (χ0) is 15.2. The van der Waals surface area contributed by atoms with Crippen LogP contribution in [0.25, 0.3) is 0 Å². The Morgan fingerprint density at radius 2 is 2.00 bits per heavy atom. The first-order chi connectivity index (χ1) is 10.1. The van der Waals surface area contributed by atoms with Crippen LogP contribution >= 0.6 is 0 Å². The van der Waals surface area contributed by atoms with E-state index >= 15 is 0 Å². The first-order valence-corrected chi connectivity index (χ1v) is 6.73. The Morgan fingerprint density at radius 1 is 1.29 bits per heavy atom. The first-order valence-electron chi connectivity index (χ1n) is 6.73. The molecule has 5 nitrogen and oxygen atoms in total. The Balaban J connectivity index is 1.93. The third-order valence-electron chi connectivity index (χ3n) is 3.23. The molecule has 2 aromatic rings. The topological polar surface area (TPSA) is 79.5 Å². The molecule has 0 aliphatic heterocycles. The lowest BCUT2D eigenvalue weighted by Gasteiger charge is -2.21. The minimum Gasteiger partial charge on any atom is -0.508 e. The summed E-state index contributed by atoms with van der Waals surface area (Å²) in [6, 6.07) is 9.87. The van der Waals surface area contributed by atoms with Crippen molar-refractivity contribution in [3.63, 3.8) is 0 Å². The van der Waals surface area contributed by atoms with Crippen molar-refractivity contribution in [2.75, 3.05) is 7.05 Å². The summed E-state index contributed by atoms with van der Waals surface area (Å²) in [5, 5.41) is 9.24. The number of pyridine rings is 1.